The highest BCUT2D eigenvalue weighted by atomic mass is 19.4. The summed E-state index contributed by atoms with van der Waals surface area (Å²) >= 11 is 0. The molecular weight excluding hydrogens is 297 g/mol. The Balaban J connectivity index is 2.09. The van der Waals surface area contributed by atoms with Gasteiger partial charge in [-0.25, -0.2) is 9.50 Å². The molecule has 0 unspecified atom stereocenters. The summed E-state index contributed by atoms with van der Waals surface area (Å²) in [4.78, 5) is 15.1. The third kappa shape index (κ3) is 2.50. The molecule has 0 bridgehead atoms. The van der Waals surface area contributed by atoms with Gasteiger partial charge < -0.3 is 5.73 Å². The van der Waals surface area contributed by atoms with Crippen LogP contribution in [0.3, 0.4) is 0 Å². The third-order valence-electron chi connectivity index (χ3n) is 3.08. The van der Waals surface area contributed by atoms with Gasteiger partial charge >= 0.3 is 6.18 Å². The molecule has 1 aromatic carbocycles. The predicted octanol–water partition coefficient (Wildman–Crippen LogP) is 2.51. The van der Waals surface area contributed by atoms with Crippen molar-refractivity contribution in [3.8, 4) is 11.3 Å². The van der Waals surface area contributed by atoms with Crippen molar-refractivity contribution in [3.63, 3.8) is 0 Å². The third-order valence-corrected chi connectivity index (χ3v) is 3.08. The van der Waals surface area contributed by atoms with Crippen LogP contribution in [0.1, 0.15) is 15.9 Å². The van der Waals surface area contributed by atoms with Gasteiger partial charge in [-0.1, -0.05) is 12.1 Å². The van der Waals surface area contributed by atoms with Crippen LogP contribution in [0.4, 0.5) is 13.2 Å². The molecule has 3 aromatic rings. The number of nitrogens with zero attached hydrogens (tertiary/aromatic N) is 3. The maximum absolute atomic E-state index is 12.7. The highest BCUT2D eigenvalue weighted by Crippen LogP contribution is 2.31. The van der Waals surface area contributed by atoms with Crippen molar-refractivity contribution in [1.29, 1.82) is 0 Å². The molecule has 2 heterocycles. The zero-order valence-electron chi connectivity index (χ0n) is 11.0. The molecule has 2 N–H and O–H groups in total. The van der Waals surface area contributed by atoms with Crippen molar-refractivity contribution < 1.29 is 18.0 Å². The number of rotatable bonds is 2. The first kappa shape index (κ1) is 14.1. The van der Waals surface area contributed by atoms with Crippen molar-refractivity contribution in [2.24, 2.45) is 5.73 Å². The lowest BCUT2D eigenvalue weighted by Crippen LogP contribution is -2.12. The summed E-state index contributed by atoms with van der Waals surface area (Å²) in [5.74, 6) is -0.662. The van der Waals surface area contributed by atoms with Gasteiger partial charge in [-0.15, -0.1) is 0 Å². The van der Waals surface area contributed by atoms with Crippen LogP contribution in [0.5, 0.6) is 0 Å². The van der Waals surface area contributed by atoms with Gasteiger partial charge in [0.15, 0.2) is 5.65 Å². The molecule has 22 heavy (non-hydrogen) atoms. The number of aromatic nitrogens is 3. The molecule has 112 valence electrons. The first-order valence-corrected chi connectivity index (χ1v) is 6.17. The SMILES string of the molecule is NC(=O)c1cnc2cc(-c3cccc(C(F)(F)F)c3)nn2c1. The molecule has 8 heteroatoms. The molecule has 0 atom stereocenters. The minimum absolute atomic E-state index is 0.159. The summed E-state index contributed by atoms with van der Waals surface area (Å²) in [5, 5.41) is 4.13. The maximum atomic E-state index is 12.7. The van der Waals surface area contributed by atoms with E-state index in [1.165, 1.54) is 35.1 Å². The average Bonchev–Trinajstić information content (AvgIpc) is 2.89. The second kappa shape index (κ2) is 4.83. The van der Waals surface area contributed by atoms with Crippen LogP contribution in [-0.2, 0) is 6.18 Å². The lowest BCUT2D eigenvalue weighted by Gasteiger charge is -2.07. The fourth-order valence-electron chi connectivity index (χ4n) is 2.00. The van der Waals surface area contributed by atoms with Crippen LogP contribution in [0.2, 0.25) is 0 Å². The fourth-order valence-corrected chi connectivity index (χ4v) is 2.00. The Morgan fingerprint density at radius 2 is 2.00 bits per heavy atom. The van der Waals surface area contributed by atoms with Crippen LogP contribution < -0.4 is 5.73 Å². The van der Waals surface area contributed by atoms with E-state index in [4.69, 9.17) is 5.73 Å². The predicted molar refractivity (Wildman–Crippen MR) is 71.9 cm³/mol. The van der Waals surface area contributed by atoms with E-state index in [0.29, 0.717) is 16.9 Å². The fraction of sp³-hybridized carbons (Fsp3) is 0.0714. The lowest BCUT2D eigenvalue weighted by atomic mass is 10.1. The van der Waals surface area contributed by atoms with Gasteiger partial charge in [-0.2, -0.15) is 18.3 Å². The van der Waals surface area contributed by atoms with E-state index in [0.717, 1.165) is 12.1 Å². The van der Waals surface area contributed by atoms with E-state index in [1.807, 2.05) is 0 Å². The first-order chi connectivity index (χ1) is 10.3. The smallest absolute Gasteiger partial charge is 0.366 e. The first-order valence-electron chi connectivity index (χ1n) is 6.17. The number of amides is 1. The number of fused-ring (bicyclic) bond motifs is 1. The van der Waals surface area contributed by atoms with Gasteiger partial charge in [-0.3, -0.25) is 4.79 Å². The molecule has 0 aliphatic carbocycles. The minimum atomic E-state index is -4.42. The Morgan fingerprint density at radius 3 is 2.68 bits per heavy atom. The van der Waals surface area contributed by atoms with Gasteiger partial charge in [0.25, 0.3) is 5.91 Å². The van der Waals surface area contributed by atoms with Crippen LogP contribution >= 0.6 is 0 Å². The van der Waals surface area contributed by atoms with Crippen molar-refractivity contribution in [1.82, 2.24) is 14.6 Å². The number of halogens is 3. The summed E-state index contributed by atoms with van der Waals surface area (Å²) < 4.78 is 39.5. The molecular formula is C14H9F3N4O. The number of hydrogen-bond donors (Lipinski definition) is 1. The Hall–Kier alpha value is -2.90. The van der Waals surface area contributed by atoms with E-state index in [1.54, 1.807) is 0 Å². The normalized spacial score (nSPS) is 11.8. The van der Waals surface area contributed by atoms with Crippen LogP contribution in [0.25, 0.3) is 16.9 Å². The highest BCUT2D eigenvalue weighted by Gasteiger charge is 2.30. The molecule has 0 aliphatic rings. The van der Waals surface area contributed by atoms with Crippen molar-refractivity contribution in [2.45, 2.75) is 6.18 Å². The van der Waals surface area contributed by atoms with Crippen molar-refractivity contribution >= 4 is 11.6 Å². The van der Waals surface area contributed by atoms with Crippen molar-refractivity contribution in [2.75, 3.05) is 0 Å². The van der Waals surface area contributed by atoms with E-state index in [9.17, 15) is 18.0 Å². The molecule has 0 fully saturated rings. The molecule has 3 rings (SSSR count). The van der Waals surface area contributed by atoms with E-state index in [2.05, 4.69) is 10.1 Å². The number of nitrogens with two attached hydrogens (primary N) is 1. The van der Waals surface area contributed by atoms with Crippen LogP contribution in [0.15, 0.2) is 42.7 Å². The van der Waals surface area contributed by atoms with Gasteiger partial charge in [0.05, 0.1) is 16.8 Å². The minimum Gasteiger partial charge on any atom is -0.366 e. The number of carbonyl (C=O) groups excluding carboxylic acids is 1. The Bertz CT molecular complexity index is 870. The summed E-state index contributed by atoms with van der Waals surface area (Å²) in [5.41, 5.74) is 5.57. The lowest BCUT2D eigenvalue weighted by molar-refractivity contribution is -0.137. The Kier molecular flexibility index (Phi) is 3.09. The van der Waals surface area contributed by atoms with Crippen LogP contribution in [0, 0.1) is 0 Å². The quantitative estimate of drug-likeness (QED) is 0.790. The average molecular weight is 306 g/mol. The van der Waals surface area contributed by atoms with Gasteiger partial charge in [0.1, 0.15) is 0 Å². The van der Waals surface area contributed by atoms with Gasteiger partial charge in [0, 0.05) is 24.0 Å². The molecule has 0 aliphatic heterocycles. The van der Waals surface area contributed by atoms with Crippen LogP contribution in [-0.4, -0.2) is 20.5 Å². The summed E-state index contributed by atoms with van der Waals surface area (Å²) in [6.45, 7) is 0. The Morgan fingerprint density at radius 1 is 1.23 bits per heavy atom. The maximum Gasteiger partial charge on any atom is 0.416 e. The topological polar surface area (TPSA) is 73.3 Å². The van der Waals surface area contributed by atoms with Gasteiger partial charge in [0.2, 0.25) is 0 Å². The largest absolute Gasteiger partial charge is 0.416 e. The zero-order chi connectivity index (χ0) is 15.9. The number of hydrogen-bond acceptors (Lipinski definition) is 3. The van der Waals surface area contributed by atoms with Gasteiger partial charge in [-0.05, 0) is 12.1 Å². The number of benzene rings is 1. The Labute approximate surface area is 122 Å². The van der Waals surface area contributed by atoms with Crippen molar-refractivity contribution in [3.05, 3.63) is 53.9 Å². The molecule has 0 saturated carbocycles. The van der Waals surface area contributed by atoms with E-state index < -0.39 is 17.6 Å². The molecule has 1 amide bonds. The number of alkyl halides is 3. The molecule has 0 spiro atoms. The second-order valence-electron chi connectivity index (χ2n) is 4.62. The summed E-state index contributed by atoms with van der Waals surface area (Å²) in [6.07, 6.45) is -1.76. The van der Waals surface area contributed by atoms with E-state index in [-0.39, 0.29) is 5.56 Å². The zero-order valence-corrected chi connectivity index (χ0v) is 11.0. The molecule has 5 nitrogen and oxygen atoms in total. The highest BCUT2D eigenvalue weighted by molar-refractivity contribution is 5.92. The number of primary amides is 1. The monoisotopic (exact) mass is 306 g/mol. The molecule has 0 radical (unpaired) electrons. The number of carbonyl (C=O) groups is 1. The van der Waals surface area contributed by atoms with E-state index >= 15 is 0 Å². The standard InChI is InChI=1S/C14H9F3N4O/c15-14(16,17)10-3-1-2-8(4-10)11-5-12-19-6-9(13(18)22)7-21(12)20-11/h1-7H,(H2,18,22). The molecule has 0 saturated heterocycles. The summed E-state index contributed by atoms with van der Waals surface area (Å²) in [6, 6.07) is 6.36. The second-order valence-corrected chi connectivity index (χ2v) is 4.62. The summed E-state index contributed by atoms with van der Waals surface area (Å²) in [7, 11) is 0. The molecule has 2 aromatic heterocycles.